The smallest absolute Gasteiger partial charge is 0.253 e. The van der Waals surface area contributed by atoms with Gasteiger partial charge in [0.2, 0.25) is 0 Å². The highest BCUT2D eigenvalue weighted by molar-refractivity contribution is 6.34. The predicted molar refractivity (Wildman–Crippen MR) is 176 cm³/mol. The van der Waals surface area contributed by atoms with E-state index < -0.39 is 0 Å². The van der Waals surface area contributed by atoms with Crippen LogP contribution in [0.25, 0.3) is 11.3 Å². The quantitative estimate of drug-likeness (QED) is 0.150. The molecular weight excluding hydrogens is 570 g/mol. The molecule has 8 heteroatoms. The number of nitriles is 1. The maximum Gasteiger partial charge on any atom is 0.253 e. The molecule has 4 aromatic rings. The van der Waals surface area contributed by atoms with E-state index in [4.69, 9.17) is 16.0 Å². The maximum absolute atomic E-state index is 13.6. The number of aryl methyl sites for hydroxylation is 1. The lowest BCUT2D eigenvalue weighted by Crippen LogP contribution is -2.48. The molecule has 1 amide bonds. The Hall–Kier alpha value is -3.93. The Kier molecular flexibility index (Phi) is 10.9. The van der Waals surface area contributed by atoms with Crippen LogP contribution in [0.15, 0.2) is 83.3 Å². The Balaban J connectivity index is 1.26. The predicted octanol–water partition coefficient (Wildman–Crippen LogP) is 6.31. The molecule has 2 atom stereocenters. The van der Waals surface area contributed by atoms with Gasteiger partial charge in [-0.05, 0) is 99.8 Å². The molecular formula is C36H40ClN5O2. The molecule has 7 nitrogen and oxygen atoms in total. The van der Waals surface area contributed by atoms with Crippen molar-refractivity contribution in [1.29, 1.82) is 5.26 Å². The van der Waals surface area contributed by atoms with Crippen LogP contribution in [0.2, 0.25) is 5.02 Å². The standard InChI is InChI=1S/C36H40ClN5O2/c1-24-3-9-28(10-4-24)25(2)40-23-32-12-14-35(44-32)29-11-13-34(37)33(20-29)36(43)42-31(22-41-30-15-17-39-18-16-30)19-26-5-7-27(21-38)8-6-26/h3-14,20,25,30-31,39-41H,15-19,22-23H2,1-2H3,(H,42,43). The second-order valence-corrected chi connectivity index (χ2v) is 12.0. The van der Waals surface area contributed by atoms with Crippen molar-refractivity contribution in [1.82, 2.24) is 21.3 Å². The zero-order valence-electron chi connectivity index (χ0n) is 25.3. The number of amides is 1. The summed E-state index contributed by atoms with van der Waals surface area (Å²) in [7, 11) is 0. The number of hydrogen-bond donors (Lipinski definition) is 4. The summed E-state index contributed by atoms with van der Waals surface area (Å²) in [5.74, 6) is 1.26. The second kappa shape index (κ2) is 15.2. The molecule has 0 saturated carbocycles. The van der Waals surface area contributed by atoms with Gasteiger partial charge >= 0.3 is 0 Å². The summed E-state index contributed by atoms with van der Waals surface area (Å²) in [5.41, 5.74) is 5.31. The van der Waals surface area contributed by atoms with Crippen molar-refractivity contribution in [3.8, 4) is 17.4 Å². The van der Waals surface area contributed by atoms with E-state index in [0.717, 1.165) is 42.8 Å². The Bertz CT molecular complexity index is 1570. The summed E-state index contributed by atoms with van der Waals surface area (Å²) >= 11 is 6.56. The summed E-state index contributed by atoms with van der Waals surface area (Å²) in [5, 5.41) is 23.3. The molecule has 1 aliphatic heterocycles. The lowest BCUT2D eigenvalue weighted by molar-refractivity contribution is 0.0935. The van der Waals surface area contributed by atoms with Gasteiger partial charge in [0.05, 0.1) is 28.8 Å². The number of nitrogens with zero attached hydrogens (tertiary/aromatic N) is 1. The highest BCUT2D eigenvalue weighted by atomic mass is 35.5. The number of piperidine rings is 1. The van der Waals surface area contributed by atoms with E-state index >= 15 is 0 Å². The van der Waals surface area contributed by atoms with Crippen LogP contribution >= 0.6 is 11.6 Å². The van der Waals surface area contributed by atoms with Gasteiger partial charge in [-0.15, -0.1) is 0 Å². The first-order chi connectivity index (χ1) is 21.4. The Morgan fingerprint density at radius 1 is 1.05 bits per heavy atom. The van der Waals surface area contributed by atoms with Crippen LogP contribution in [0.3, 0.4) is 0 Å². The van der Waals surface area contributed by atoms with Crippen LogP contribution in [-0.4, -0.2) is 37.6 Å². The summed E-state index contributed by atoms with van der Waals surface area (Å²) in [4.78, 5) is 13.6. The van der Waals surface area contributed by atoms with Crippen molar-refractivity contribution < 1.29 is 9.21 Å². The average Bonchev–Trinajstić information content (AvgIpc) is 3.53. The highest BCUT2D eigenvalue weighted by Crippen LogP contribution is 2.27. The summed E-state index contributed by atoms with van der Waals surface area (Å²) in [6.45, 7) is 7.41. The van der Waals surface area contributed by atoms with Gasteiger partial charge in [-0.3, -0.25) is 4.79 Å². The van der Waals surface area contributed by atoms with Gasteiger partial charge in [0.25, 0.3) is 5.91 Å². The molecule has 0 bridgehead atoms. The fourth-order valence-electron chi connectivity index (χ4n) is 5.48. The largest absolute Gasteiger partial charge is 0.460 e. The molecule has 2 heterocycles. The molecule has 1 fully saturated rings. The number of nitrogens with one attached hydrogen (secondary N) is 4. The first-order valence-corrected chi connectivity index (χ1v) is 15.7. The SMILES string of the molecule is Cc1ccc(C(C)NCc2ccc(-c3ccc(Cl)c(C(=O)NC(CNC4CCNCC4)Cc4ccc(C#N)cc4)c3)o2)cc1. The minimum Gasteiger partial charge on any atom is -0.460 e. The molecule has 44 heavy (non-hydrogen) atoms. The van der Waals surface area contributed by atoms with Crippen LogP contribution in [-0.2, 0) is 13.0 Å². The first-order valence-electron chi connectivity index (χ1n) is 15.3. The van der Waals surface area contributed by atoms with E-state index in [1.807, 2.05) is 42.5 Å². The molecule has 1 aliphatic rings. The van der Waals surface area contributed by atoms with E-state index in [-0.39, 0.29) is 18.0 Å². The molecule has 0 radical (unpaired) electrons. The molecule has 1 saturated heterocycles. The fraction of sp³-hybridized carbons (Fsp3) is 0.333. The molecule has 4 N–H and O–H groups in total. The molecule has 3 aromatic carbocycles. The Morgan fingerprint density at radius 3 is 2.52 bits per heavy atom. The molecule has 1 aromatic heterocycles. The van der Waals surface area contributed by atoms with Crippen molar-refractivity contribution in [3.63, 3.8) is 0 Å². The average molecular weight is 610 g/mol. The number of benzene rings is 3. The third-order valence-corrected chi connectivity index (χ3v) is 8.54. The zero-order valence-corrected chi connectivity index (χ0v) is 26.1. The lowest BCUT2D eigenvalue weighted by atomic mass is 10.0. The van der Waals surface area contributed by atoms with Gasteiger partial charge < -0.3 is 25.7 Å². The molecule has 2 unspecified atom stereocenters. The summed E-state index contributed by atoms with van der Waals surface area (Å²) in [6.07, 6.45) is 2.73. The topological polar surface area (TPSA) is 102 Å². The summed E-state index contributed by atoms with van der Waals surface area (Å²) in [6, 6.07) is 27.9. The zero-order chi connectivity index (χ0) is 30.9. The van der Waals surface area contributed by atoms with Gasteiger partial charge in [0, 0.05) is 30.2 Å². The molecule has 228 valence electrons. The molecule has 5 rings (SSSR count). The van der Waals surface area contributed by atoms with Gasteiger partial charge in [-0.1, -0.05) is 53.6 Å². The summed E-state index contributed by atoms with van der Waals surface area (Å²) < 4.78 is 6.16. The van der Waals surface area contributed by atoms with E-state index in [2.05, 4.69) is 65.4 Å². The molecule has 0 spiro atoms. The molecule has 0 aliphatic carbocycles. The van der Waals surface area contributed by atoms with Crippen molar-refractivity contribution >= 4 is 17.5 Å². The lowest BCUT2D eigenvalue weighted by Gasteiger charge is -2.27. The second-order valence-electron chi connectivity index (χ2n) is 11.6. The number of carbonyl (C=O) groups excluding carboxylic acids is 1. The van der Waals surface area contributed by atoms with Crippen molar-refractivity contribution in [2.24, 2.45) is 0 Å². The third-order valence-electron chi connectivity index (χ3n) is 8.21. The van der Waals surface area contributed by atoms with E-state index in [1.54, 1.807) is 12.1 Å². The number of furan rings is 1. The van der Waals surface area contributed by atoms with Crippen molar-refractivity contribution in [2.75, 3.05) is 19.6 Å². The number of carbonyl (C=O) groups is 1. The highest BCUT2D eigenvalue weighted by Gasteiger charge is 2.20. The van der Waals surface area contributed by atoms with Crippen molar-refractivity contribution in [2.45, 2.75) is 57.8 Å². The Labute approximate surface area is 265 Å². The van der Waals surface area contributed by atoms with Gasteiger partial charge in [0.15, 0.2) is 0 Å². The van der Waals surface area contributed by atoms with Gasteiger partial charge in [0.1, 0.15) is 11.5 Å². The van der Waals surface area contributed by atoms with Crippen molar-refractivity contribution in [3.05, 3.63) is 117 Å². The van der Waals surface area contributed by atoms with Crippen LogP contribution in [0.5, 0.6) is 0 Å². The van der Waals surface area contributed by atoms with Gasteiger partial charge in [-0.25, -0.2) is 0 Å². The fourth-order valence-corrected chi connectivity index (χ4v) is 5.68. The number of halogens is 1. The maximum atomic E-state index is 13.6. The first kappa shape index (κ1) is 31.5. The number of rotatable bonds is 12. The Morgan fingerprint density at radius 2 is 1.80 bits per heavy atom. The van der Waals surface area contributed by atoms with Crippen LogP contribution < -0.4 is 21.3 Å². The minimum absolute atomic E-state index is 0.165. The minimum atomic E-state index is -0.233. The monoisotopic (exact) mass is 609 g/mol. The number of hydrogen-bond acceptors (Lipinski definition) is 6. The van der Waals surface area contributed by atoms with E-state index in [1.165, 1.54) is 11.1 Å². The van der Waals surface area contributed by atoms with Crippen LogP contribution in [0.4, 0.5) is 0 Å². The normalized spacial score (nSPS) is 15.0. The van der Waals surface area contributed by atoms with Crippen LogP contribution in [0, 0.1) is 18.3 Å². The third kappa shape index (κ3) is 8.58. The van der Waals surface area contributed by atoms with Crippen LogP contribution in [0.1, 0.15) is 64.2 Å². The van der Waals surface area contributed by atoms with E-state index in [9.17, 15) is 10.1 Å². The van der Waals surface area contributed by atoms with E-state index in [0.29, 0.717) is 47.5 Å². The van der Waals surface area contributed by atoms with Gasteiger partial charge in [-0.2, -0.15) is 5.26 Å².